The molecule has 5 rings (SSSR count). The Balaban J connectivity index is 1.22. The van der Waals surface area contributed by atoms with Crippen molar-refractivity contribution in [2.45, 2.75) is 25.3 Å². The molecular weight excluding hydrogens is 436 g/mol. The van der Waals surface area contributed by atoms with Crippen molar-refractivity contribution in [3.8, 4) is 11.5 Å². The number of aromatic nitrogens is 1. The first-order valence-corrected chi connectivity index (χ1v) is 11.3. The van der Waals surface area contributed by atoms with Crippen molar-refractivity contribution in [3.05, 3.63) is 59.8 Å². The molecule has 9 nitrogen and oxygen atoms in total. The van der Waals surface area contributed by atoms with Gasteiger partial charge in [-0.2, -0.15) is 0 Å². The summed E-state index contributed by atoms with van der Waals surface area (Å²) in [6.45, 7) is 2.74. The summed E-state index contributed by atoms with van der Waals surface area (Å²) in [7, 11) is 0. The summed E-state index contributed by atoms with van der Waals surface area (Å²) < 4.78 is 11.4. The molecule has 2 aromatic carbocycles. The van der Waals surface area contributed by atoms with Crippen LogP contribution in [0.5, 0.6) is 11.5 Å². The molecule has 0 unspecified atom stereocenters. The van der Waals surface area contributed by atoms with Crippen LogP contribution < -0.4 is 20.1 Å². The van der Waals surface area contributed by atoms with Gasteiger partial charge in [-0.05, 0) is 42.7 Å². The van der Waals surface area contributed by atoms with Gasteiger partial charge in [-0.25, -0.2) is 4.79 Å². The standard InChI is InChI=1S/C25H26N4O5/c1-25(17-7-8-20-21(13-17)34-12-4-11-33-20)23(31)29(24(32)28-25)15-22(30)26-10-9-16-14-27-19-6-3-2-5-18(16)19/h2-3,5-8,13-14,27H,4,9-12,15H2,1H3,(H,26,30)(H,28,32)/t25-/m0/s1. The Morgan fingerprint density at radius 1 is 1.12 bits per heavy atom. The van der Waals surface area contributed by atoms with Crippen molar-refractivity contribution in [2.24, 2.45) is 0 Å². The highest BCUT2D eigenvalue weighted by Crippen LogP contribution is 2.36. The van der Waals surface area contributed by atoms with Crippen LogP contribution in [-0.4, -0.2) is 54.0 Å². The fraction of sp³-hybridized carbons (Fsp3) is 0.320. The third kappa shape index (κ3) is 3.93. The predicted molar refractivity (Wildman–Crippen MR) is 125 cm³/mol. The number of hydrogen-bond acceptors (Lipinski definition) is 5. The number of carbonyl (C=O) groups excluding carboxylic acids is 3. The highest BCUT2D eigenvalue weighted by atomic mass is 16.5. The number of imide groups is 1. The van der Waals surface area contributed by atoms with Crippen molar-refractivity contribution in [1.82, 2.24) is 20.5 Å². The second-order valence-corrected chi connectivity index (χ2v) is 8.62. The van der Waals surface area contributed by atoms with Gasteiger partial charge >= 0.3 is 6.03 Å². The summed E-state index contributed by atoms with van der Waals surface area (Å²) in [5.74, 6) is 0.254. The van der Waals surface area contributed by atoms with Crippen molar-refractivity contribution in [3.63, 3.8) is 0 Å². The molecule has 0 saturated carbocycles. The number of benzene rings is 2. The van der Waals surface area contributed by atoms with Gasteiger partial charge < -0.3 is 25.1 Å². The Hall–Kier alpha value is -4.01. The van der Waals surface area contributed by atoms with Crippen LogP contribution in [-0.2, 0) is 21.5 Å². The van der Waals surface area contributed by atoms with E-state index >= 15 is 0 Å². The van der Waals surface area contributed by atoms with Crippen molar-refractivity contribution in [1.29, 1.82) is 0 Å². The maximum Gasteiger partial charge on any atom is 0.325 e. The number of carbonyl (C=O) groups is 3. The number of nitrogens with one attached hydrogen (secondary N) is 3. The molecule has 1 fully saturated rings. The molecule has 4 amide bonds. The zero-order valence-electron chi connectivity index (χ0n) is 18.8. The average Bonchev–Trinajstić information content (AvgIpc) is 3.21. The highest BCUT2D eigenvalue weighted by Gasteiger charge is 2.49. The molecule has 176 valence electrons. The number of urea groups is 1. The van der Waals surface area contributed by atoms with Crippen molar-refractivity contribution >= 4 is 28.7 Å². The predicted octanol–water partition coefficient (Wildman–Crippen LogP) is 2.46. The first-order valence-electron chi connectivity index (χ1n) is 11.3. The Morgan fingerprint density at radius 2 is 1.91 bits per heavy atom. The molecule has 9 heteroatoms. The zero-order chi connectivity index (χ0) is 23.7. The molecule has 1 atom stereocenters. The Morgan fingerprint density at radius 3 is 2.76 bits per heavy atom. The Bertz CT molecular complexity index is 1270. The first kappa shape index (κ1) is 21.8. The number of hydrogen-bond donors (Lipinski definition) is 3. The van der Waals surface area contributed by atoms with E-state index in [0.717, 1.165) is 27.8 Å². The van der Waals surface area contributed by atoms with E-state index in [0.29, 0.717) is 43.2 Å². The van der Waals surface area contributed by atoms with Crippen LogP contribution in [0.15, 0.2) is 48.7 Å². The maximum absolute atomic E-state index is 13.2. The van der Waals surface area contributed by atoms with Gasteiger partial charge in [0.1, 0.15) is 12.1 Å². The average molecular weight is 463 g/mol. The molecule has 0 radical (unpaired) electrons. The SMILES string of the molecule is C[C@@]1(c2ccc3c(c2)OCCCO3)NC(=O)N(CC(=O)NCCc2c[nH]c3ccccc23)C1=O. The van der Waals surface area contributed by atoms with Gasteiger partial charge in [-0.15, -0.1) is 0 Å². The number of aromatic amines is 1. The molecule has 2 aliphatic heterocycles. The second kappa shape index (κ2) is 8.74. The molecule has 34 heavy (non-hydrogen) atoms. The maximum atomic E-state index is 13.2. The lowest BCUT2D eigenvalue weighted by molar-refractivity contribution is -0.134. The molecule has 1 saturated heterocycles. The number of para-hydroxylation sites is 1. The summed E-state index contributed by atoms with van der Waals surface area (Å²) in [5, 5.41) is 6.64. The fourth-order valence-electron chi connectivity index (χ4n) is 4.39. The highest BCUT2D eigenvalue weighted by molar-refractivity contribution is 6.09. The van der Waals surface area contributed by atoms with Crippen LogP contribution in [0.1, 0.15) is 24.5 Å². The van der Waals surface area contributed by atoms with E-state index in [1.54, 1.807) is 25.1 Å². The van der Waals surface area contributed by atoms with E-state index in [-0.39, 0.29) is 6.54 Å². The molecule has 0 bridgehead atoms. The summed E-state index contributed by atoms with van der Waals surface area (Å²) in [6, 6.07) is 12.5. The summed E-state index contributed by atoms with van der Waals surface area (Å²) in [6.07, 6.45) is 3.32. The Kier molecular flexibility index (Phi) is 5.61. The zero-order valence-corrected chi connectivity index (χ0v) is 18.8. The van der Waals surface area contributed by atoms with Gasteiger partial charge in [-0.1, -0.05) is 24.3 Å². The molecule has 1 aromatic heterocycles. The van der Waals surface area contributed by atoms with Gasteiger partial charge in [0.2, 0.25) is 5.91 Å². The van der Waals surface area contributed by atoms with Gasteiger partial charge in [0, 0.05) is 30.1 Å². The molecular formula is C25H26N4O5. The molecule has 3 aromatic rings. The smallest absolute Gasteiger partial charge is 0.325 e. The molecule has 3 heterocycles. The molecule has 0 spiro atoms. The van der Waals surface area contributed by atoms with Gasteiger partial charge in [0.15, 0.2) is 11.5 Å². The van der Waals surface area contributed by atoms with Crippen LogP contribution in [0.3, 0.4) is 0 Å². The lowest BCUT2D eigenvalue weighted by atomic mass is 9.91. The summed E-state index contributed by atoms with van der Waals surface area (Å²) >= 11 is 0. The van der Waals surface area contributed by atoms with Crippen molar-refractivity contribution < 1.29 is 23.9 Å². The van der Waals surface area contributed by atoms with Crippen molar-refractivity contribution in [2.75, 3.05) is 26.3 Å². The van der Waals surface area contributed by atoms with Gasteiger partial charge in [-0.3, -0.25) is 14.5 Å². The number of ether oxygens (including phenoxy) is 2. The third-order valence-corrected chi connectivity index (χ3v) is 6.29. The number of amides is 4. The topological polar surface area (TPSA) is 113 Å². The van der Waals surface area contributed by atoms with E-state index in [2.05, 4.69) is 15.6 Å². The van der Waals surface area contributed by atoms with Crippen LogP contribution in [0.4, 0.5) is 4.79 Å². The summed E-state index contributed by atoms with van der Waals surface area (Å²) in [5.41, 5.74) is 1.40. The van der Waals surface area contributed by atoms with Crippen LogP contribution >= 0.6 is 0 Å². The lowest BCUT2D eigenvalue weighted by Gasteiger charge is -2.23. The van der Waals surface area contributed by atoms with Crippen LogP contribution in [0.2, 0.25) is 0 Å². The second-order valence-electron chi connectivity index (χ2n) is 8.62. The molecule has 2 aliphatic rings. The largest absolute Gasteiger partial charge is 0.490 e. The number of nitrogens with zero attached hydrogens (tertiary/aromatic N) is 1. The normalized spacial score (nSPS) is 19.7. The van der Waals surface area contributed by atoms with E-state index < -0.39 is 23.4 Å². The minimum atomic E-state index is -1.30. The minimum absolute atomic E-state index is 0.349. The van der Waals surface area contributed by atoms with E-state index in [1.807, 2.05) is 30.5 Å². The van der Waals surface area contributed by atoms with Crippen LogP contribution in [0.25, 0.3) is 10.9 Å². The van der Waals surface area contributed by atoms with E-state index in [9.17, 15) is 14.4 Å². The fourth-order valence-corrected chi connectivity index (χ4v) is 4.39. The number of rotatable bonds is 6. The van der Waals surface area contributed by atoms with Gasteiger partial charge in [0.05, 0.1) is 13.2 Å². The first-order chi connectivity index (χ1) is 16.5. The van der Waals surface area contributed by atoms with E-state index in [1.165, 1.54) is 0 Å². The molecule has 3 N–H and O–H groups in total. The minimum Gasteiger partial charge on any atom is -0.490 e. The lowest BCUT2D eigenvalue weighted by Crippen LogP contribution is -2.43. The third-order valence-electron chi connectivity index (χ3n) is 6.29. The number of fused-ring (bicyclic) bond motifs is 2. The van der Waals surface area contributed by atoms with E-state index in [4.69, 9.17) is 9.47 Å². The Labute approximate surface area is 196 Å². The molecule has 0 aliphatic carbocycles. The van der Waals surface area contributed by atoms with Crippen LogP contribution in [0, 0.1) is 0 Å². The monoisotopic (exact) mass is 462 g/mol. The number of H-pyrrole nitrogens is 1. The van der Waals surface area contributed by atoms with Gasteiger partial charge in [0.25, 0.3) is 5.91 Å². The quantitative estimate of drug-likeness (QED) is 0.487. The summed E-state index contributed by atoms with van der Waals surface area (Å²) in [4.78, 5) is 42.5.